The van der Waals surface area contributed by atoms with E-state index in [-0.39, 0.29) is 30.7 Å². The Bertz CT molecular complexity index is 2410. The van der Waals surface area contributed by atoms with Gasteiger partial charge in [0.1, 0.15) is 23.0 Å². The van der Waals surface area contributed by atoms with Gasteiger partial charge in [-0.25, -0.2) is 14.4 Å². The molecule has 0 aliphatic carbocycles. The highest BCUT2D eigenvalue weighted by atomic mass is 16.5. The Kier molecular flexibility index (Phi) is 13.9. The van der Waals surface area contributed by atoms with Crippen LogP contribution in [0.25, 0.3) is 33.3 Å². The quantitative estimate of drug-likeness (QED) is 0.0359. The van der Waals surface area contributed by atoms with Crippen LogP contribution in [-0.4, -0.2) is 54.9 Å². The molecule has 6 aromatic rings. The van der Waals surface area contributed by atoms with Crippen LogP contribution in [0.1, 0.15) is 52.5 Å². The number of carbonyl (C=O) groups excluding carboxylic acids is 4. The van der Waals surface area contributed by atoms with Crippen LogP contribution < -0.4 is 18.9 Å². The fraction of sp³-hybridized carbons (Fsp3) is 0.208. The maximum Gasteiger partial charge on any atom is 0.343 e. The van der Waals surface area contributed by atoms with Crippen LogP contribution in [0.15, 0.2) is 128 Å². The summed E-state index contributed by atoms with van der Waals surface area (Å²) in [7, 11) is 2.04. The van der Waals surface area contributed by atoms with Gasteiger partial charge >= 0.3 is 23.9 Å². The number of carbonyl (C=O) groups is 4. The molecule has 0 bridgehead atoms. The standard InChI is InChI=1S/C48H45NO10/c1-5-44(50)56-28-10-26-54-37-20-16-33(17-21-37)47(52)58-39-24-25-43(59-48(53)34-18-22-38(23-19-34)55-27-11-29-57-45(51)6-2)41(31-39)35-12-9-13-36(30-35)46-32(3)40-14-7-8-15-42(40)49(46)4/h6-9,12-25,30-31H,2,5,10-11,26-29H2,1,3-4H3. The zero-order valence-corrected chi connectivity index (χ0v) is 33.2. The second-order valence-electron chi connectivity index (χ2n) is 13.5. The lowest BCUT2D eigenvalue weighted by Crippen LogP contribution is -2.11. The van der Waals surface area contributed by atoms with Gasteiger partial charge in [-0.1, -0.05) is 49.9 Å². The van der Waals surface area contributed by atoms with Crippen LogP contribution in [0.4, 0.5) is 0 Å². The number of fused-ring (bicyclic) bond motifs is 1. The summed E-state index contributed by atoms with van der Waals surface area (Å²) in [4.78, 5) is 49.4. The van der Waals surface area contributed by atoms with Gasteiger partial charge in [0, 0.05) is 48.9 Å². The zero-order valence-electron chi connectivity index (χ0n) is 33.2. The molecule has 1 heterocycles. The average Bonchev–Trinajstić information content (AvgIpc) is 3.52. The summed E-state index contributed by atoms with van der Waals surface area (Å²) in [5.41, 5.74) is 6.11. The number of ether oxygens (including phenoxy) is 6. The highest BCUT2D eigenvalue weighted by Crippen LogP contribution is 2.38. The van der Waals surface area contributed by atoms with Gasteiger partial charge in [-0.05, 0) is 102 Å². The third-order valence-corrected chi connectivity index (χ3v) is 9.43. The van der Waals surface area contributed by atoms with Crippen LogP contribution >= 0.6 is 0 Å². The molecule has 302 valence electrons. The molecular formula is C48H45NO10. The number of aromatic nitrogens is 1. The molecular weight excluding hydrogens is 751 g/mol. The number of rotatable bonds is 18. The third kappa shape index (κ3) is 10.6. The molecule has 0 spiro atoms. The molecule has 0 aliphatic heterocycles. The van der Waals surface area contributed by atoms with Gasteiger partial charge in [-0.15, -0.1) is 0 Å². The minimum absolute atomic E-state index is 0.199. The van der Waals surface area contributed by atoms with Gasteiger partial charge in [0.05, 0.1) is 43.2 Å². The number of hydrogen-bond acceptors (Lipinski definition) is 10. The van der Waals surface area contributed by atoms with Crippen molar-refractivity contribution >= 4 is 34.8 Å². The summed E-state index contributed by atoms with van der Waals surface area (Å²) in [5, 5.41) is 1.15. The first kappa shape index (κ1) is 41.5. The number of benzene rings is 5. The lowest BCUT2D eigenvalue weighted by atomic mass is 9.99. The molecule has 59 heavy (non-hydrogen) atoms. The maximum atomic E-state index is 13.6. The monoisotopic (exact) mass is 795 g/mol. The van der Waals surface area contributed by atoms with E-state index in [4.69, 9.17) is 28.4 Å². The highest BCUT2D eigenvalue weighted by molar-refractivity contribution is 5.95. The zero-order chi connectivity index (χ0) is 41.7. The number of nitrogens with zero attached hydrogens (tertiary/aromatic N) is 1. The van der Waals surface area contributed by atoms with Crippen molar-refractivity contribution in [2.75, 3.05) is 26.4 Å². The van der Waals surface area contributed by atoms with E-state index in [1.54, 1.807) is 73.7 Å². The Labute approximate surface area is 342 Å². The molecule has 0 aliphatic rings. The SMILES string of the molecule is C=CC(=O)OCCCOc1ccc(C(=O)Oc2ccc(OC(=O)c3ccc(OCCCOC(=O)CC)cc3)cc2-c2cccc(-c3c(C)c4ccccc4n3C)c2)cc1. The number of esters is 4. The van der Waals surface area contributed by atoms with E-state index in [2.05, 4.69) is 30.2 Å². The summed E-state index contributed by atoms with van der Waals surface area (Å²) >= 11 is 0. The second-order valence-corrected chi connectivity index (χ2v) is 13.5. The summed E-state index contributed by atoms with van der Waals surface area (Å²) in [5.74, 6) is -0.313. The van der Waals surface area contributed by atoms with E-state index in [9.17, 15) is 19.2 Å². The fourth-order valence-electron chi connectivity index (χ4n) is 6.43. The van der Waals surface area contributed by atoms with Crippen LogP contribution in [-0.2, 0) is 26.1 Å². The van der Waals surface area contributed by atoms with Crippen molar-refractivity contribution in [3.8, 4) is 45.4 Å². The van der Waals surface area contributed by atoms with Gasteiger partial charge in [-0.2, -0.15) is 0 Å². The molecule has 11 heteroatoms. The van der Waals surface area contributed by atoms with E-state index in [1.807, 2.05) is 43.4 Å². The Morgan fingerprint density at radius 3 is 1.86 bits per heavy atom. The van der Waals surface area contributed by atoms with E-state index in [0.29, 0.717) is 60.7 Å². The van der Waals surface area contributed by atoms with Gasteiger partial charge in [0.15, 0.2) is 0 Å². The van der Waals surface area contributed by atoms with Gasteiger partial charge in [-0.3, -0.25) is 4.79 Å². The minimum atomic E-state index is -0.594. The molecule has 1 aromatic heterocycles. The van der Waals surface area contributed by atoms with E-state index < -0.39 is 17.9 Å². The highest BCUT2D eigenvalue weighted by Gasteiger charge is 2.19. The molecule has 0 N–H and O–H groups in total. The Morgan fingerprint density at radius 1 is 0.644 bits per heavy atom. The lowest BCUT2D eigenvalue weighted by molar-refractivity contribution is -0.143. The Balaban J connectivity index is 1.21. The van der Waals surface area contributed by atoms with E-state index in [0.717, 1.165) is 39.4 Å². The van der Waals surface area contributed by atoms with Crippen molar-refractivity contribution in [2.24, 2.45) is 7.05 Å². The first-order valence-corrected chi connectivity index (χ1v) is 19.3. The van der Waals surface area contributed by atoms with Crippen molar-refractivity contribution in [1.82, 2.24) is 4.57 Å². The van der Waals surface area contributed by atoms with Crippen molar-refractivity contribution in [3.63, 3.8) is 0 Å². The van der Waals surface area contributed by atoms with E-state index >= 15 is 0 Å². The molecule has 11 nitrogen and oxygen atoms in total. The van der Waals surface area contributed by atoms with Gasteiger partial charge < -0.3 is 33.0 Å². The van der Waals surface area contributed by atoms with Crippen LogP contribution in [0.5, 0.6) is 23.0 Å². The van der Waals surface area contributed by atoms with Crippen LogP contribution in [0.2, 0.25) is 0 Å². The Morgan fingerprint density at radius 2 is 1.24 bits per heavy atom. The number of aryl methyl sites for hydroxylation is 2. The summed E-state index contributed by atoms with van der Waals surface area (Å²) < 4.78 is 35.5. The van der Waals surface area contributed by atoms with Crippen molar-refractivity contribution in [1.29, 1.82) is 0 Å². The predicted octanol–water partition coefficient (Wildman–Crippen LogP) is 9.48. The molecule has 0 amide bonds. The molecule has 5 aromatic carbocycles. The van der Waals surface area contributed by atoms with Crippen LogP contribution in [0, 0.1) is 6.92 Å². The maximum absolute atomic E-state index is 13.6. The largest absolute Gasteiger partial charge is 0.493 e. The fourth-order valence-corrected chi connectivity index (χ4v) is 6.43. The first-order chi connectivity index (χ1) is 28.6. The smallest absolute Gasteiger partial charge is 0.343 e. The van der Waals surface area contributed by atoms with Crippen LogP contribution in [0.3, 0.4) is 0 Å². The first-order valence-electron chi connectivity index (χ1n) is 19.3. The van der Waals surface area contributed by atoms with Gasteiger partial charge in [0.2, 0.25) is 0 Å². The molecule has 0 fully saturated rings. The Hall–Kier alpha value is -7.14. The molecule has 0 atom stereocenters. The second kappa shape index (κ2) is 19.8. The van der Waals surface area contributed by atoms with Crippen molar-refractivity contribution in [3.05, 3.63) is 145 Å². The average molecular weight is 796 g/mol. The molecule has 0 unspecified atom stereocenters. The van der Waals surface area contributed by atoms with Crippen molar-refractivity contribution in [2.45, 2.75) is 33.1 Å². The van der Waals surface area contributed by atoms with E-state index in [1.165, 1.54) is 0 Å². The predicted molar refractivity (Wildman–Crippen MR) is 224 cm³/mol. The minimum Gasteiger partial charge on any atom is -0.493 e. The molecule has 0 saturated carbocycles. The van der Waals surface area contributed by atoms with Gasteiger partial charge in [0.25, 0.3) is 0 Å². The lowest BCUT2D eigenvalue weighted by Gasteiger charge is -2.15. The molecule has 6 rings (SSSR count). The number of hydrogen-bond donors (Lipinski definition) is 0. The topological polar surface area (TPSA) is 129 Å². The summed E-state index contributed by atoms with van der Waals surface area (Å²) in [6.45, 7) is 8.34. The normalized spacial score (nSPS) is 10.8. The van der Waals surface area contributed by atoms with Crippen molar-refractivity contribution < 1.29 is 47.6 Å². The molecule has 0 saturated heterocycles. The summed E-state index contributed by atoms with van der Waals surface area (Å²) in [6, 6.07) is 34.1. The third-order valence-electron chi connectivity index (χ3n) is 9.43. The summed E-state index contributed by atoms with van der Waals surface area (Å²) in [6.07, 6.45) is 2.45. The number of para-hydroxylation sites is 1. The molecule has 0 radical (unpaired) electrons.